The summed E-state index contributed by atoms with van der Waals surface area (Å²) < 4.78 is 0. The Kier molecular flexibility index (Phi) is 2.87. The summed E-state index contributed by atoms with van der Waals surface area (Å²) in [6.45, 7) is 1.96. The van der Waals surface area contributed by atoms with Crippen LogP contribution in [0.4, 0.5) is 5.69 Å². The van der Waals surface area contributed by atoms with E-state index < -0.39 is 0 Å². The predicted octanol–water partition coefficient (Wildman–Crippen LogP) is 2.04. The molecule has 0 fully saturated rings. The van der Waals surface area contributed by atoms with Gasteiger partial charge in [-0.2, -0.15) is 5.10 Å². The summed E-state index contributed by atoms with van der Waals surface area (Å²) in [5.74, 6) is 0. The molecule has 1 heterocycles. The number of hydrogen-bond donors (Lipinski definition) is 3. The molecule has 1 aromatic carbocycles. The molecule has 82 valence electrons. The standard InChI is InChI=1S/C11H12N4S/c1-7-6-10(15-14-7)8-4-2-3-5-9(8)13-11(12)16/h2-6H,1H3,(H,14,15)(H3,12,13,16). The SMILES string of the molecule is Cc1cc(-c2ccccc2NC(N)=S)n[nH]1. The monoisotopic (exact) mass is 232 g/mol. The molecular formula is C11H12N4S. The Morgan fingerprint density at radius 2 is 2.19 bits per heavy atom. The molecule has 2 rings (SSSR count). The summed E-state index contributed by atoms with van der Waals surface area (Å²) >= 11 is 4.83. The highest BCUT2D eigenvalue weighted by Gasteiger charge is 2.07. The van der Waals surface area contributed by atoms with Gasteiger partial charge in [0.2, 0.25) is 0 Å². The van der Waals surface area contributed by atoms with Gasteiger partial charge in [0, 0.05) is 16.9 Å². The highest BCUT2D eigenvalue weighted by molar-refractivity contribution is 7.80. The maximum absolute atomic E-state index is 5.47. The number of benzene rings is 1. The molecule has 4 N–H and O–H groups in total. The molecule has 0 aliphatic heterocycles. The van der Waals surface area contributed by atoms with Crippen molar-refractivity contribution in [2.24, 2.45) is 5.73 Å². The Balaban J connectivity index is 2.43. The minimum absolute atomic E-state index is 0.250. The molecule has 0 aliphatic rings. The quantitative estimate of drug-likeness (QED) is 0.693. The number of para-hydroxylation sites is 1. The largest absolute Gasteiger partial charge is 0.376 e. The van der Waals surface area contributed by atoms with Gasteiger partial charge >= 0.3 is 0 Å². The van der Waals surface area contributed by atoms with Gasteiger partial charge in [-0.05, 0) is 31.3 Å². The summed E-state index contributed by atoms with van der Waals surface area (Å²) in [6.07, 6.45) is 0. The lowest BCUT2D eigenvalue weighted by Crippen LogP contribution is -2.19. The molecule has 0 aliphatic carbocycles. The number of aromatic amines is 1. The first-order chi connectivity index (χ1) is 7.66. The number of aryl methyl sites for hydroxylation is 1. The highest BCUT2D eigenvalue weighted by Crippen LogP contribution is 2.26. The second-order valence-electron chi connectivity index (χ2n) is 3.47. The third kappa shape index (κ3) is 2.20. The van der Waals surface area contributed by atoms with Crippen LogP contribution >= 0.6 is 12.2 Å². The number of H-pyrrole nitrogens is 1. The fourth-order valence-corrected chi connectivity index (χ4v) is 1.61. The predicted molar refractivity (Wildman–Crippen MR) is 69.2 cm³/mol. The molecule has 16 heavy (non-hydrogen) atoms. The van der Waals surface area contributed by atoms with Crippen LogP contribution < -0.4 is 11.1 Å². The molecule has 0 spiro atoms. The number of nitrogens with zero attached hydrogens (tertiary/aromatic N) is 1. The van der Waals surface area contributed by atoms with E-state index in [4.69, 9.17) is 18.0 Å². The van der Waals surface area contributed by atoms with Crippen LogP contribution in [0.2, 0.25) is 0 Å². The van der Waals surface area contributed by atoms with Crippen molar-refractivity contribution in [2.45, 2.75) is 6.92 Å². The van der Waals surface area contributed by atoms with E-state index in [1.165, 1.54) is 0 Å². The third-order valence-corrected chi connectivity index (χ3v) is 2.27. The summed E-state index contributed by atoms with van der Waals surface area (Å²) in [5, 5.41) is 10.3. The number of thiocarbonyl (C=S) groups is 1. The molecule has 0 atom stereocenters. The maximum Gasteiger partial charge on any atom is 0.168 e. The Morgan fingerprint density at radius 3 is 2.81 bits per heavy atom. The second-order valence-corrected chi connectivity index (χ2v) is 3.91. The summed E-state index contributed by atoms with van der Waals surface area (Å²) in [4.78, 5) is 0. The molecule has 0 radical (unpaired) electrons. The molecule has 0 saturated heterocycles. The van der Waals surface area contributed by atoms with Gasteiger partial charge < -0.3 is 11.1 Å². The summed E-state index contributed by atoms with van der Waals surface area (Å²) in [6, 6.07) is 9.72. The summed E-state index contributed by atoms with van der Waals surface area (Å²) in [5.41, 5.74) is 9.19. The molecule has 2 aromatic rings. The average Bonchev–Trinajstić information content (AvgIpc) is 2.65. The lowest BCUT2D eigenvalue weighted by molar-refractivity contribution is 1.05. The van der Waals surface area contributed by atoms with Crippen LogP contribution in [0.15, 0.2) is 30.3 Å². The van der Waals surface area contributed by atoms with E-state index >= 15 is 0 Å². The van der Waals surface area contributed by atoms with Crippen molar-refractivity contribution in [1.29, 1.82) is 0 Å². The number of rotatable bonds is 2. The lowest BCUT2D eigenvalue weighted by atomic mass is 10.1. The van der Waals surface area contributed by atoms with Crippen molar-refractivity contribution in [3.63, 3.8) is 0 Å². The maximum atomic E-state index is 5.47. The van der Waals surface area contributed by atoms with Gasteiger partial charge in [-0.25, -0.2) is 0 Å². The van der Waals surface area contributed by atoms with Gasteiger partial charge in [-0.15, -0.1) is 0 Å². The van der Waals surface area contributed by atoms with E-state index in [2.05, 4.69) is 15.5 Å². The van der Waals surface area contributed by atoms with Gasteiger partial charge in [0.05, 0.1) is 5.69 Å². The van der Waals surface area contributed by atoms with E-state index in [0.29, 0.717) is 0 Å². The van der Waals surface area contributed by atoms with Crippen LogP contribution in [0.5, 0.6) is 0 Å². The average molecular weight is 232 g/mol. The van der Waals surface area contributed by atoms with E-state index in [1.54, 1.807) is 0 Å². The molecule has 0 saturated carbocycles. The Labute approximate surface area is 98.9 Å². The fraction of sp³-hybridized carbons (Fsp3) is 0.0909. The van der Waals surface area contributed by atoms with Gasteiger partial charge in [0.1, 0.15) is 0 Å². The molecule has 4 nitrogen and oxygen atoms in total. The van der Waals surface area contributed by atoms with E-state index in [9.17, 15) is 0 Å². The Bertz CT molecular complexity index is 518. The number of nitrogens with two attached hydrogens (primary N) is 1. The summed E-state index contributed by atoms with van der Waals surface area (Å²) in [7, 11) is 0. The molecular weight excluding hydrogens is 220 g/mol. The minimum atomic E-state index is 0.250. The molecule has 0 amide bonds. The first-order valence-corrected chi connectivity index (χ1v) is 5.25. The van der Waals surface area contributed by atoms with Crippen LogP contribution in [0.3, 0.4) is 0 Å². The number of nitrogens with one attached hydrogen (secondary N) is 2. The lowest BCUT2D eigenvalue weighted by Gasteiger charge is -2.08. The first kappa shape index (κ1) is 10.6. The van der Waals surface area contributed by atoms with Crippen molar-refractivity contribution >= 4 is 23.0 Å². The van der Waals surface area contributed by atoms with Gasteiger partial charge in [0.15, 0.2) is 5.11 Å². The van der Waals surface area contributed by atoms with E-state index in [1.807, 2.05) is 37.3 Å². The van der Waals surface area contributed by atoms with Crippen LogP contribution in [0, 0.1) is 6.92 Å². The van der Waals surface area contributed by atoms with Gasteiger partial charge in [0.25, 0.3) is 0 Å². The fourth-order valence-electron chi connectivity index (χ4n) is 1.50. The van der Waals surface area contributed by atoms with Crippen LogP contribution in [0.25, 0.3) is 11.3 Å². The zero-order chi connectivity index (χ0) is 11.5. The first-order valence-electron chi connectivity index (χ1n) is 4.84. The molecule has 1 aromatic heterocycles. The van der Waals surface area contributed by atoms with Crippen molar-refractivity contribution in [3.8, 4) is 11.3 Å². The van der Waals surface area contributed by atoms with Gasteiger partial charge in [-0.1, -0.05) is 18.2 Å². The number of aromatic nitrogens is 2. The minimum Gasteiger partial charge on any atom is -0.376 e. The topological polar surface area (TPSA) is 66.7 Å². The van der Waals surface area contributed by atoms with Crippen LogP contribution in [-0.4, -0.2) is 15.3 Å². The highest BCUT2D eigenvalue weighted by atomic mass is 32.1. The second kappa shape index (κ2) is 4.32. The van der Waals surface area contributed by atoms with Crippen molar-refractivity contribution in [3.05, 3.63) is 36.0 Å². The Morgan fingerprint density at radius 1 is 1.44 bits per heavy atom. The van der Waals surface area contributed by atoms with Crippen molar-refractivity contribution < 1.29 is 0 Å². The number of anilines is 1. The zero-order valence-corrected chi connectivity index (χ0v) is 9.64. The van der Waals surface area contributed by atoms with Gasteiger partial charge in [-0.3, -0.25) is 5.10 Å². The van der Waals surface area contributed by atoms with Crippen LogP contribution in [0.1, 0.15) is 5.69 Å². The van der Waals surface area contributed by atoms with Crippen molar-refractivity contribution in [1.82, 2.24) is 10.2 Å². The molecule has 5 heteroatoms. The molecule has 0 bridgehead atoms. The zero-order valence-electron chi connectivity index (χ0n) is 8.82. The van der Waals surface area contributed by atoms with E-state index in [0.717, 1.165) is 22.6 Å². The smallest absolute Gasteiger partial charge is 0.168 e. The molecule has 0 unspecified atom stereocenters. The normalized spacial score (nSPS) is 10.1. The van der Waals surface area contributed by atoms with E-state index in [-0.39, 0.29) is 5.11 Å². The van der Waals surface area contributed by atoms with Crippen LogP contribution in [-0.2, 0) is 0 Å². The Hall–Kier alpha value is -1.88. The van der Waals surface area contributed by atoms with Crippen molar-refractivity contribution in [2.75, 3.05) is 5.32 Å². The third-order valence-electron chi connectivity index (χ3n) is 2.17. The number of hydrogen-bond acceptors (Lipinski definition) is 2.